The van der Waals surface area contributed by atoms with Crippen LogP contribution < -0.4 is 35.6 Å². The van der Waals surface area contributed by atoms with Crippen molar-refractivity contribution in [3.63, 3.8) is 0 Å². The molecule has 4 N–H and O–H groups in total. The Balaban J connectivity index is 1.25. The number of hydrogen-bond acceptors (Lipinski definition) is 9. The molecule has 11 nitrogen and oxygen atoms in total. The monoisotopic (exact) mass is 590 g/mol. The molecule has 44 heavy (non-hydrogen) atoms. The van der Waals surface area contributed by atoms with Gasteiger partial charge in [0.05, 0.1) is 24.1 Å². The molecule has 0 unspecified atom stereocenters. The summed E-state index contributed by atoms with van der Waals surface area (Å²) in [4.78, 5) is 29.6. The first-order valence-electron chi connectivity index (χ1n) is 14.0. The number of aromatic nitrogens is 1. The fourth-order valence-corrected chi connectivity index (χ4v) is 5.04. The number of pyridine rings is 1. The Morgan fingerprint density at radius 3 is 2.73 bits per heavy atom. The predicted molar refractivity (Wildman–Crippen MR) is 168 cm³/mol. The van der Waals surface area contributed by atoms with Crippen LogP contribution in [0.25, 0.3) is 5.70 Å². The van der Waals surface area contributed by atoms with Crippen LogP contribution >= 0.6 is 0 Å². The number of amides is 2. The van der Waals surface area contributed by atoms with E-state index in [2.05, 4.69) is 20.7 Å². The second-order valence-electron chi connectivity index (χ2n) is 10.1. The van der Waals surface area contributed by atoms with E-state index in [4.69, 9.17) is 19.9 Å². The molecule has 2 amide bonds. The highest BCUT2D eigenvalue weighted by Crippen LogP contribution is 2.40. The SMILES string of the molecule is COc1ccc(CNc2ncccc2C(=O)Nc2ccc3c(c2)C(N(/N=C/C(N)=O)c2ccc4c(c2)OCO4)=CCC3)cc1. The number of hydrazone groups is 1. The molecule has 6 rings (SSSR count). The lowest BCUT2D eigenvalue weighted by Gasteiger charge is -2.27. The zero-order valence-electron chi connectivity index (χ0n) is 23.9. The van der Waals surface area contributed by atoms with Crippen LogP contribution in [0.15, 0.2) is 90.2 Å². The molecule has 1 aliphatic carbocycles. The Hall–Kier alpha value is -5.84. The molecule has 0 atom stereocenters. The van der Waals surface area contributed by atoms with E-state index in [1.165, 1.54) is 0 Å². The summed E-state index contributed by atoms with van der Waals surface area (Å²) in [6.45, 7) is 0.614. The minimum absolute atomic E-state index is 0.133. The zero-order chi connectivity index (χ0) is 30.5. The van der Waals surface area contributed by atoms with Crippen molar-refractivity contribution in [1.82, 2.24) is 4.98 Å². The third-order valence-corrected chi connectivity index (χ3v) is 7.20. The number of nitrogens with one attached hydrogen (secondary N) is 2. The Labute approximate surface area is 253 Å². The minimum atomic E-state index is -0.679. The molecule has 11 heteroatoms. The molecule has 1 aliphatic heterocycles. The van der Waals surface area contributed by atoms with E-state index >= 15 is 0 Å². The average Bonchev–Trinajstić information content (AvgIpc) is 3.52. The number of carbonyl (C=O) groups excluding carboxylic acids is 2. The van der Waals surface area contributed by atoms with Crippen molar-refractivity contribution in [3.8, 4) is 17.2 Å². The summed E-state index contributed by atoms with van der Waals surface area (Å²) >= 11 is 0. The Kier molecular flexibility index (Phi) is 8.08. The van der Waals surface area contributed by atoms with Crippen molar-refractivity contribution in [2.45, 2.75) is 19.4 Å². The maximum atomic E-state index is 13.5. The summed E-state index contributed by atoms with van der Waals surface area (Å²) in [6, 6.07) is 22.3. The molecule has 0 fully saturated rings. The summed E-state index contributed by atoms with van der Waals surface area (Å²) in [5.41, 5.74) is 10.7. The smallest absolute Gasteiger partial charge is 0.261 e. The molecule has 2 aliphatic rings. The third-order valence-electron chi connectivity index (χ3n) is 7.20. The maximum absolute atomic E-state index is 13.5. The van der Waals surface area contributed by atoms with Crippen LogP contribution in [0.3, 0.4) is 0 Å². The number of ether oxygens (including phenoxy) is 3. The molecule has 0 saturated heterocycles. The summed E-state index contributed by atoms with van der Waals surface area (Å²) in [6.07, 6.45) is 6.32. The number of methoxy groups -OCH3 is 1. The number of nitrogens with zero attached hydrogens (tertiary/aromatic N) is 3. The molecule has 4 aromatic rings. The Bertz CT molecular complexity index is 1770. The number of rotatable bonds is 10. The number of aryl methyl sites for hydroxylation is 1. The standard InChI is InChI=1S/C33H30N6O5/c1-42-25-12-7-21(8-13-25)18-36-32-26(5-3-15-35-32)33(41)38-23-10-9-22-4-2-6-28(27(22)16-23)39(37-19-31(34)40)24-11-14-29-30(17-24)44-20-43-29/h3,5-17,19H,2,4,18,20H2,1H3,(H2,34,40)(H,35,36)(H,38,41)/b37-19+. The van der Waals surface area contributed by atoms with Gasteiger partial charge in [0.1, 0.15) is 17.8 Å². The van der Waals surface area contributed by atoms with Gasteiger partial charge in [0.2, 0.25) is 6.79 Å². The van der Waals surface area contributed by atoms with Crippen LogP contribution in [0.4, 0.5) is 17.2 Å². The van der Waals surface area contributed by atoms with Crippen molar-refractivity contribution < 1.29 is 23.8 Å². The number of fused-ring (bicyclic) bond motifs is 2. The van der Waals surface area contributed by atoms with E-state index in [1.807, 2.05) is 54.6 Å². The van der Waals surface area contributed by atoms with Crippen molar-refractivity contribution in [2.75, 3.05) is 29.5 Å². The number of allylic oxidation sites excluding steroid dienone is 1. The molecular weight excluding hydrogens is 560 g/mol. The highest BCUT2D eigenvalue weighted by atomic mass is 16.7. The molecule has 0 saturated carbocycles. The van der Waals surface area contributed by atoms with Gasteiger partial charge in [0.25, 0.3) is 11.8 Å². The Morgan fingerprint density at radius 2 is 1.91 bits per heavy atom. The van der Waals surface area contributed by atoms with Crippen molar-refractivity contribution in [3.05, 3.63) is 107 Å². The lowest BCUT2D eigenvalue weighted by Crippen LogP contribution is -2.21. The van der Waals surface area contributed by atoms with Gasteiger partial charge in [-0.25, -0.2) is 9.99 Å². The quantitative estimate of drug-likeness (QED) is 0.174. The number of anilines is 3. The first kappa shape index (κ1) is 28.3. The van der Waals surface area contributed by atoms with Gasteiger partial charge in [-0.1, -0.05) is 24.3 Å². The van der Waals surface area contributed by atoms with Gasteiger partial charge in [0.15, 0.2) is 11.5 Å². The van der Waals surface area contributed by atoms with E-state index in [-0.39, 0.29) is 12.7 Å². The fourth-order valence-electron chi connectivity index (χ4n) is 5.04. The van der Waals surface area contributed by atoms with Gasteiger partial charge in [-0.05, 0) is 72.5 Å². The van der Waals surface area contributed by atoms with Crippen LogP contribution in [0.1, 0.15) is 33.5 Å². The third kappa shape index (κ3) is 6.16. The highest BCUT2D eigenvalue weighted by Gasteiger charge is 2.23. The van der Waals surface area contributed by atoms with Crippen LogP contribution in [-0.2, 0) is 17.8 Å². The lowest BCUT2D eigenvalue weighted by molar-refractivity contribution is -0.111. The van der Waals surface area contributed by atoms with E-state index in [9.17, 15) is 9.59 Å². The highest BCUT2D eigenvalue weighted by molar-refractivity contribution is 6.25. The van der Waals surface area contributed by atoms with Gasteiger partial charge in [-0.3, -0.25) is 9.59 Å². The lowest BCUT2D eigenvalue weighted by atomic mass is 9.93. The molecular formula is C33H30N6O5. The number of nitrogens with two attached hydrogens (primary N) is 1. The van der Waals surface area contributed by atoms with Gasteiger partial charge in [-0.15, -0.1) is 0 Å². The number of carbonyl (C=O) groups is 2. The van der Waals surface area contributed by atoms with Crippen molar-refractivity contribution in [1.29, 1.82) is 0 Å². The molecule has 0 radical (unpaired) electrons. The summed E-state index contributed by atoms with van der Waals surface area (Å²) < 4.78 is 16.2. The van der Waals surface area contributed by atoms with E-state index < -0.39 is 5.91 Å². The van der Waals surface area contributed by atoms with Crippen molar-refractivity contribution in [2.24, 2.45) is 10.8 Å². The topological polar surface area (TPSA) is 140 Å². The maximum Gasteiger partial charge on any atom is 0.261 e. The van der Waals surface area contributed by atoms with Crippen LogP contribution in [0, 0.1) is 0 Å². The molecule has 2 heterocycles. The van der Waals surface area contributed by atoms with E-state index in [1.54, 1.807) is 42.6 Å². The summed E-state index contributed by atoms with van der Waals surface area (Å²) in [7, 11) is 1.62. The van der Waals surface area contributed by atoms with Gasteiger partial charge in [-0.2, -0.15) is 5.10 Å². The first-order chi connectivity index (χ1) is 21.5. The largest absolute Gasteiger partial charge is 0.497 e. The number of primary amides is 1. The molecule has 0 bridgehead atoms. The van der Waals surface area contributed by atoms with Gasteiger partial charge < -0.3 is 30.6 Å². The molecule has 3 aromatic carbocycles. The summed E-state index contributed by atoms with van der Waals surface area (Å²) in [5.74, 6) is 1.45. The van der Waals surface area contributed by atoms with Gasteiger partial charge >= 0.3 is 0 Å². The van der Waals surface area contributed by atoms with E-state index in [0.717, 1.165) is 47.2 Å². The minimum Gasteiger partial charge on any atom is -0.497 e. The van der Waals surface area contributed by atoms with Crippen LogP contribution in [-0.4, -0.2) is 36.9 Å². The van der Waals surface area contributed by atoms with Crippen LogP contribution in [0.2, 0.25) is 0 Å². The average molecular weight is 591 g/mol. The van der Waals surface area contributed by atoms with Crippen molar-refractivity contribution >= 4 is 40.9 Å². The number of hydrogen-bond donors (Lipinski definition) is 3. The second-order valence-corrected chi connectivity index (χ2v) is 10.1. The summed E-state index contributed by atoms with van der Waals surface area (Å²) in [5, 5.41) is 12.3. The molecule has 1 aromatic heterocycles. The van der Waals surface area contributed by atoms with Gasteiger partial charge in [0, 0.05) is 30.1 Å². The fraction of sp³-hybridized carbons (Fsp3) is 0.152. The number of benzene rings is 3. The molecule has 0 spiro atoms. The van der Waals surface area contributed by atoms with E-state index in [0.29, 0.717) is 40.8 Å². The normalized spacial score (nSPS) is 13.2. The van der Waals surface area contributed by atoms with Crippen LogP contribution in [0.5, 0.6) is 17.2 Å². The molecule has 222 valence electrons. The Morgan fingerprint density at radius 1 is 1.07 bits per heavy atom. The zero-order valence-corrected chi connectivity index (χ0v) is 23.9. The predicted octanol–water partition coefficient (Wildman–Crippen LogP) is 4.95. The second kappa shape index (κ2) is 12.6. The first-order valence-corrected chi connectivity index (χ1v) is 14.0.